The number of rotatable bonds is 3. The van der Waals surface area contributed by atoms with Gasteiger partial charge in [0.2, 0.25) is 0 Å². The van der Waals surface area contributed by atoms with Crippen LogP contribution in [0.15, 0.2) is 54.7 Å². The van der Waals surface area contributed by atoms with E-state index in [2.05, 4.69) is 16.0 Å². The first-order valence-electron chi connectivity index (χ1n) is 6.99. The number of pyridine rings is 2. The minimum absolute atomic E-state index is 0.196. The van der Waals surface area contributed by atoms with Crippen molar-refractivity contribution in [3.8, 4) is 34.3 Å². The Morgan fingerprint density at radius 2 is 1.87 bits per heavy atom. The van der Waals surface area contributed by atoms with Crippen LogP contribution in [0.2, 0.25) is 0 Å². The molecule has 5 heteroatoms. The van der Waals surface area contributed by atoms with Gasteiger partial charge in [0.05, 0.1) is 18.5 Å². The molecular weight excluding hydrogens is 288 g/mol. The minimum Gasteiger partial charge on any atom is -0.497 e. The standard InChI is InChI=1S/C18H14N4O/c1-23-13-7-5-12(6-8-13)17-10-14(15(11-19)18(20)22-17)16-4-2-3-9-21-16/h2-10H,1H3,(H2,20,22). The monoisotopic (exact) mass is 302 g/mol. The van der Waals surface area contributed by atoms with Crippen molar-refractivity contribution >= 4 is 5.82 Å². The van der Waals surface area contributed by atoms with Gasteiger partial charge in [-0.1, -0.05) is 6.07 Å². The van der Waals surface area contributed by atoms with Gasteiger partial charge in [0.1, 0.15) is 23.2 Å². The Bertz CT molecular complexity index is 868. The highest BCUT2D eigenvalue weighted by atomic mass is 16.5. The van der Waals surface area contributed by atoms with Gasteiger partial charge >= 0.3 is 0 Å². The minimum atomic E-state index is 0.196. The second-order valence-corrected chi connectivity index (χ2v) is 4.87. The largest absolute Gasteiger partial charge is 0.497 e. The van der Waals surface area contributed by atoms with Gasteiger partial charge in [-0.2, -0.15) is 5.26 Å². The molecule has 0 atom stereocenters. The van der Waals surface area contributed by atoms with Gasteiger partial charge in [-0.25, -0.2) is 4.98 Å². The molecule has 23 heavy (non-hydrogen) atoms. The maximum absolute atomic E-state index is 9.38. The molecule has 0 saturated carbocycles. The molecule has 5 nitrogen and oxygen atoms in total. The average Bonchev–Trinajstić information content (AvgIpc) is 2.62. The van der Waals surface area contributed by atoms with Gasteiger partial charge in [-0.05, 0) is 42.5 Å². The van der Waals surface area contributed by atoms with Gasteiger partial charge in [0, 0.05) is 17.3 Å². The number of methoxy groups -OCH3 is 1. The highest BCUT2D eigenvalue weighted by molar-refractivity contribution is 5.78. The lowest BCUT2D eigenvalue weighted by molar-refractivity contribution is 0.415. The number of hydrogen-bond acceptors (Lipinski definition) is 5. The summed E-state index contributed by atoms with van der Waals surface area (Å²) in [6.45, 7) is 0. The quantitative estimate of drug-likeness (QED) is 0.802. The van der Waals surface area contributed by atoms with Crippen LogP contribution in [0, 0.1) is 11.3 Å². The molecule has 2 N–H and O–H groups in total. The fourth-order valence-electron chi connectivity index (χ4n) is 2.32. The smallest absolute Gasteiger partial charge is 0.142 e. The van der Waals surface area contributed by atoms with Gasteiger partial charge < -0.3 is 10.5 Å². The van der Waals surface area contributed by atoms with Crippen LogP contribution >= 0.6 is 0 Å². The Kier molecular flexibility index (Phi) is 3.89. The molecule has 0 fully saturated rings. The van der Waals surface area contributed by atoms with Crippen molar-refractivity contribution in [3.63, 3.8) is 0 Å². The van der Waals surface area contributed by atoms with E-state index in [4.69, 9.17) is 10.5 Å². The zero-order chi connectivity index (χ0) is 16.2. The van der Waals surface area contributed by atoms with Crippen LogP contribution in [0.5, 0.6) is 5.75 Å². The van der Waals surface area contributed by atoms with Gasteiger partial charge in [-0.3, -0.25) is 4.98 Å². The zero-order valence-electron chi connectivity index (χ0n) is 12.5. The first kappa shape index (κ1) is 14.5. The number of hydrogen-bond donors (Lipinski definition) is 1. The molecule has 2 heterocycles. The van der Waals surface area contributed by atoms with Gasteiger partial charge in [-0.15, -0.1) is 0 Å². The summed E-state index contributed by atoms with van der Waals surface area (Å²) in [5.74, 6) is 0.960. The van der Waals surface area contributed by atoms with E-state index in [1.807, 2.05) is 48.5 Å². The molecule has 0 aliphatic rings. The topological polar surface area (TPSA) is 84.8 Å². The molecule has 0 radical (unpaired) electrons. The van der Waals surface area contributed by atoms with E-state index in [-0.39, 0.29) is 5.82 Å². The number of anilines is 1. The van der Waals surface area contributed by atoms with Crippen molar-refractivity contribution in [3.05, 3.63) is 60.3 Å². The predicted molar refractivity (Wildman–Crippen MR) is 88.6 cm³/mol. The van der Waals surface area contributed by atoms with Crippen molar-refractivity contribution in [2.24, 2.45) is 0 Å². The number of nitriles is 1. The van der Waals surface area contributed by atoms with Crippen molar-refractivity contribution in [1.29, 1.82) is 5.26 Å². The van der Waals surface area contributed by atoms with Crippen molar-refractivity contribution in [2.45, 2.75) is 0 Å². The van der Waals surface area contributed by atoms with Crippen LogP contribution < -0.4 is 10.5 Å². The van der Waals surface area contributed by atoms with E-state index in [0.717, 1.165) is 11.3 Å². The molecule has 3 rings (SSSR count). The lowest BCUT2D eigenvalue weighted by Crippen LogP contribution is -2.00. The summed E-state index contributed by atoms with van der Waals surface area (Å²) in [6, 6.07) is 17.0. The van der Waals surface area contributed by atoms with Crippen LogP contribution in [0.3, 0.4) is 0 Å². The van der Waals surface area contributed by atoms with Crippen molar-refractivity contribution in [1.82, 2.24) is 9.97 Å². The highest BCUT2D eigenvalue weighted by Crippen LogP contribution is 2.30. The maximum Gasteiger partial charge on any atom is 0.142 e. The summed E-state index contributed by atoms with van der Waals surface area (Å²) in [5.41, 5.74) is 9.25. The molecule has 0 aliphatic heterocycles. The van der Waals surface area contributed by atoms with E-state index in [1.54, 1.807) is 13.3 Å². The maximum atomic E-state index is 9.38. The van der Waals surface area contributed by atoms with Crippen molar-refractivity contribution in [2.75, 3.05) is 12.8 Å². The number of nitrogens with two attached hydrogens (primary N) is 1. The Morgan fingerprint density at radius 1 is 1.09 bits per heavy atom. The summed E-state index contributed by atoms with van der Waals surface area (Å²) < 4.78 is 5.16. The number of ether oxygens (including phenoxy) is 1. The molecule has 0 saturated heterocycles. The van der Waals surface area contributed by atoms with Crippen LogP contribution in [-0.2, 0) is 0 Å². The molecule has 0 unspecified atom stereocenters. The summed E-state index contributed by atoms with van der Waals surface area (Å²) in [5, 5.41) is 9.38. The normalized spacial score (nSPS) is 10.1. The first-order valence-corrected chi connectivity index (χ1v) is 6.99. The summed E-state index contributed by atoms with van der Waals surface area (Å²) >= 11 is 0. The third-order valence-electron chi connectivity index (χ3n) is 3.49. The van der Waals surface area contributed by atoms with Crippen LogP contribution in [0.4, 0.5) is 5.82 Å². The lowest BCUT2D eigenvalue weighted by atomic mass is 10.0. The zero-order valence-corrected chi connectivity index (χ0v) is 12.5. The third-order valence-corrected chi connectivity index (χ3v) is 3.49. The second-order valence-electron chi connectivity index (χ2n) is 4.87. The molecule has 112 valence electrons. The predicted octanol–water partition coefficient (Wildman–Crippen LogP) is 3.27. The molecule has 0 aliphatic carbocycles. The van der Waals surface area contributed by atoms with E-state index >= 15 is 0 Å². The molecule has 0 bridgehead atoms. The molecular formula is C18H14N4O. The number of nitrogens with zero attached hydrogens (tertiary/aromatic N) is 3. The molecule has 0 amide bonds. The second kappa shape index (κ2) is 6.16. The fourth-order valence-corrected chi connectivity index (χ4v) is 2.32. The van der Waals surface area contributed by atoms with E-state index in [1.165, 1.54) is 0 Å². The van der Waals surface area contributed by atoms with Crippen LogP contribution in [0.25, 0.3) is 22.5 Å². The Balaban J connectivity index is 2.16. The molecule has 3 aromatic rings. The number of nitrogen functional groups attached to an aromatic ring is 1. The number of aromatic nitrogens is 2. The summed E-state index contributed by atoms with van der Waals surface area (Å²) in [4.78, 5) is 8.65. The van der Waals surface area contributed by atoms with Gasteiger partial charge in [0.25, 0.3) is 0 Å². The lowest BCUT2D eigenvalue weighted by Gasteiger charge is -2.10. The third kappa shape index (κ3) is 2.83. The van der Waals surface area contributed by atoms with E-state index in [9.17, 15) is 5.26 Å². The average molecular weight is 302 g/mol. The number of benzene rings is 1. The SMILES string of the molecule is COc1ccc(-c2cc(-c3ccccn3)c(C#N)c(N)n2)cc1. The molecule has 2 aromatic heterocycles. The first-order chi connectivity index (χ1) is 11.2. The van der Waals surface area contributed by atoms with Crippen molar-refractivity contribution < 1.29 is 4.74 Å². The Hall–Kier alpha value is -3.39. The van der Waals surface area contributed by atoms with E-state index < -0.39 is 0 Å². The summed E-state index contributed by atoms with van der Waals surface area (Å²) in [7, 11) is 1.62. The van der Waals surface area contributed by atoms with Gasteiger partial charge in [0.15, 0.2) is 0 Å². The fraction of sp³-hybridized carbons (Fsp3) is 0.0556. The highest BCUT2D eigenvalue weighted by Gasteiger charge is 2.14. The molecule has 0 spiro atoms. The summed E-state index contributed by atoms with van der Waals surface area (Å²) in [6.07, 6.45) is 1.68. The van der Waals surface area contributed by atoms with Crippen LogP contribution in [-0.4, -0.2) is 17.1 Å². The Morgan fingerprint density at radius 3 is 2.48 bits per heavy atom. The Labute approximate surface area is 134 Å². The molecule has 1 aromatic carbocycles. The van der Waals surface area contributed by atoms with E-state index in [0.29, 0.717) is 22.5 Å². The van der Waals surface area contributed by atoms with Crippen LogP contribution in [0.1, 0.15) is 5.56 Å².